The average Bonchev–Trinajstić information content (AvgIpc) is 3.09. The van der Waals surface area contributed by atoms with Gasteiger partial charge >= 0.3 is 5.97 Å². The minimum Gasteiger partial charge on any atom is -0.463 e. The topological polar surface area (TPSA) is 81.4 Å². The second kappa shape index (κ2) is 9.41. The number of carbonyl (C=O) groups is 2. The predicted molar refractivity (Wildman–Crippen MR) is 108 cm³/mol. The minimum absolute atomic E-state index is 0.143. The zero-order chi connectivity index (χ0) is 19.9. The maximum absolute atomic E-state index is 12.5. The standard InChI is InChI=1S/C21H22N2O4S/c1-14(2)26-19(24)11-12-22-20(25)16-8-4-3-7-15(16)13-28-21-23-17-9-5-6-10-18(17)27-21/h3-10,14H,11-13H2,1-2H3,(H,22,25). The summed E-state index contributed by atoms with van der Waals surface area (Å²) in [6, 6.07) is 15.0. The molecule has 28 heavy (non-hydrogen) atoms. The van der Waals surface area contributed by atoms with E-state index < -0.39 is 0 Å². The lowest BCUT2D eigenvalue weighted by atomic mass is 10.1. The third-order valence-electron chi connectivity index (χ3n) is 3.87. The van der Waals surface area contributed by atoms with Gasteiger partial charge in [-0.05, 0) is 37.6 Å². The number of esters is 1. The number of benzene rings is 2. The summed E-state index contributed by atoms with van der Waals surface area (Å²) in [5.74, 6) is 0.00688. The van der Waals surface area contributed by atoms with Crippen molar-refractivity contribution in [3.8, 4) is 0 Å². The van der Waals surface area contributed by atoms with E-state index in [-0.39, 0.29) is 30.9 Å². The van der Waals surface area contributed by atoms with E-state index in [2.05, 4.69) is 10.3 Å². The number of hydrogen-bond acceptors (Lipinski definition) is 6. The summed E-state index contributed by atoms with van der Waals surface area (Å²) in [6.45, 7) is 3.82. The largest absolute Gasteiger partial charge is 0.463 e. The molecule has 0 aliphatic heterocycles. The molecule has 3 rings (SSSR count). The molecule has 0 saturated heterocycles. The summed E-state index contributed by atoms with van der Waals surface area (Å²) in [7, 11) is 0. The molecule has 1 N–H and O–H groups in total. The number of oxazole rings is 1. The van der Waals surface area contributed by atoms with Gasteiger partial charge in [-0.15, -0.1) is 0 Å². The Hall–Kier alpha value is -2.80. The maximum Gasteiger partial charge on any atom is 0.307 e. The third kappa shape index (κ3) is 5.36. The first-order valence-electron chi connectivity index (χ1n) is 9.07. The van der Waals surface area contributed by atoms with Crippen molar-refractivity contribution in [1.29, 1.82) is 0 Å². The van der Waals surface area contributed by atoms with Crippen molar-refractivity contribution in [2.24, 2.45) is 0 Å². The Labute approximate surface area is 167 Å². The van der Waals surface area contributed by atoms with E-state index in [1.807, 2.05) is 42.5 Å². The molecule has 2 aromatic carbocycles. The number of thioether (sulfide) groups is 1. The van der Waals surface area contributed by atoms with Crippen LogP contribution in [0.25, 0.3) is 11.1 Å². The number of fused-ring (bicyclic) bond motifs is 1. The van der Waals surface area contributed by atoms with Gasteiger partial charge in [0.25, 0.3) is 11.1 Å². The van der Waals surface area contributed by atoms with Gasteiger partial charge in [0.15, 0.2) is 5.58 Å². The van der Waals surface area contributed by atoms with Gasteiger partial charge in [0.2, 0.25) is 0 Å². The first-order chi connectivity index (χ1) is 13.5. The van der Waals surface area contributed by atoms with E-state index in [4.69, 9.17) is 9.15 Å². The van der Waals surface area contributed by atoms with Crippen LogP contribution in [0.4, 0.5) is 0 Å². The molecule has 0 spiro atoms. The maximum atomic E-state index is 12.5. The van der Waals surface area contributed by atoms with Crippen LogP contribution in [0.2, 0.25) is 0 Å². The first kappa shape index (κ1) is 19.9. The number of hydrogen-bond donors (Lipinski definition) is 1. The van der Waals surface area contributed by atoms with Crippen LogP contribution in [-0.2, 0) is 15.3 Å². The lowest BCUT2D eigenvalue weighted by Crippen LogP contribution is -2.27. The molecule has 0 saturated carbocycles. The molecule has 0 fully saturated rings. The van der Waals surface area contributed by atoms with Crippen molar-refractivity contribution in [3.05, 3.63) is 59.7 Å². The monoisotopic (exact) mass is 398 g/mol. The number of carbonyl (C=O) groups excluding carboxylic acids is 2. The Kier molecular flexibility index (Phi) is 6.71. The highest BCUT2D eigenvalue weighted by Gasteiger charge is 2.14. The molecule has 1 aromatic heterocycles. The molecule has 0 bridgehead atoms. The fraction of sp³-hybridized carbons (Fsp3) is 0.286. The molecule has 6 nitrogen and oxygen atoms in total. The Morgan fingerprint density at radius 1 is 1.14 bits per heavy atom. The molecule has 1 amide bonds. The molecule has 3 aromatic rings. The molecule has 1 heterocycles. The van der Waals surface area contributed by atoms with Gasteiger partial charge in [0, 0.05) is 17.9 Å². The Morgan fingerprint density at radius 3 is 2.68 bits per heavy atom. The molecule has 0 radical (unpaired) electrons. The highest BCUT2D eigenvalue weighted by atomic mass is 32.2. The Bertz CT molecular complexity index is 935. The van der Waals surface area contributed by atoms with Gasteiger partial charge in [-0.3, -0.25) is 9.59 Å². The normalized spacial score (nSPS) is 11.0. The number of nitrogens with one attached hydrogen (secondary N) is 1. The van der Waals surface area contributed by atoms with Crippen molar-refractivity contribution in [2.75, 3.05) is 6.54 Å². The summed E-state index contributed by atoms with van der Waals surface area (Å²) < 4.78 is 10.8. The van der Waals surface area contributed by atoms with E-state index in [0.717, 1.165) is 16.7 Å². The SMILES string of the molecule is CC(C)OC(=O)CCNC(=O)c1ccccc1CSc1nc2ccccc2o1. The van der Waals surface area contributed by atoms with Gasteiger partial charge in [-0.2, -0.15) is 0 Å². The zero-order valence-electron chi connectivity index (χ0n) is 15.8. The van der Waals surface area contributed by atoms with Crippen LogP contribution in [0.1, 0.15) is 36.2 Å². The van der Waals surface area contributed by atoms with Crippen molar-refractivity contribution in [3.63, 3.8) is 0 Å². The second-order valence-corrected chi connectivity index (χ2v) is 7.36. The van der Waals surface area contributed by atoms with Gasteiger partial charge < -0.3 is 14.5 Å². The summed E-state index contributed by atoms with van der Waals surface area (Å²) >= 11 is 1.43. The highest BCUT2D eigenvalue weighted by molar-refractivity contribution is 7.98. The average molecular weight is 398 g/mol. The number of rotatable bonds is 8. The highest BCUT2D eigenvalue weighted by Crippen LogP contribution is 2.27. The summed E-state index contributed by atoms with van der Waals surface area (Å²) in [5, 5.41) is 3.34. The molecule has 0 aliphatic carbocycles. The molecule has 0 atom stereocenters. The number of amides is 1. The van der Waals surface area contributed by atoms with Gasteiger partial charge in [0.1, 0.15) is 5.52 Å². The van der Waals surface area contributed by atoms with Crippen LogP contribution < -0.4 is 5.32 Å². The fourth-order valence-electron chi connectivity index (χ4n) is 2.62. The van der Waals surface area contributed by atoms with E-state index in [1.54, 1.807) is 19.9 Å². The minimum atomic E-state index is -0.324. The molecule has 0 aliphatic rings. The van der Waals surface area contributed by atoms with E-state index in [1.165, 1.54) is 11.8 Å². The van der Waals surface area contributed by atoms with E-state index >= 15 is 0 Å². The van der Waals surface area contributed by atoms with Gasteiger partial charge in [-0.1, -0.05) is 42.1 Å². The Balaban J connectivity index is 1.59. The van der Waals surface area contributed by atoms with Gasteiger partial charge in [-0.25, -0.2) is 4.98 Å². The van der Waals surface area contributed by atoms with Crippen molar-refractivity contribution >= 4 is 34.7 Å². The summed E-state index contributed by atoms with van der Waals surface area (Å²) in [4.78, 5) is 28.5. The predicted octanol–water partition coefficient (Wildman–Crippen LogP) is 4.19. The van der Waals surface area contributed by atoms with Crippen LogP contribution >= 0.6 is 11.8 Å². The van der Waals surface area contributed by atoms with Crippen molar-refractivity contribution in [1.82, 2.24) is 10.3 Å². The summed E-state index contributed by atoms with van der Waals surface area (Å²) in [5.41, 5.74) is 2.99. The van der Waals surface area contributed by atoms with Crippen molar-refractivity contribution in [2.45, 2.75) is 37.3 Å². The van der Waals surface area contributed by atoms with E-state index in [0.29, 0.717) is 16.5 Å². The quantitative estimate of drug-likeness (QED) is 0.453. The number of ether oxygens (including phenoxy) is 1. The number of nitrogens with zero attached hydrogens (tertiary/aromatic N) is 1. The molecule has 7 heteroatoms. The first-order valence-corrected chi connectivity index (χ1v) is 10.1. The lowest BCUT2D eigenvalue weighted by molar-refractivity contribution is -0.147. The van der Waals surface area contributed by atoms with E-state index in [9.17, 15) is 9.59 Å². The molecule has 0 unspecified atom stereocenters. The van der Waals surface area contributed by atoms with Crippen LogP contribution in [0.5, 0.6) is 0 Å². The van der Waals surface area contributed by atoms with Crippen LogP contribution in [-0.4, -0.2) is 29.5 Å². The smallest absolute Gasteiger partial charge is 0.307 e. The van der Waals surface area contributed by atoms with Crippen LogP contribution in [0, 0.1) is 0 Å². The zero-order valence-corrected chi connectivity index (χ0v) is 16.6. The number of para-hydroxylation sites is 2. The van der Waals surface area contributed by atoms with Crippen molar-refractivity contribution < 1.29 is 18.7 Å². The van der Waals surface area contributed by atoms with Crippen LogP contribution in [0.3, 0.4) is 0 Å². The molecule has 146 valence electrons. The summed E-state index contributed by atoms with van der Waals surface area (Å²) in [6.07, 6.45) is -0.0168. The molecular formula is C21H22N2O4S. The van der Waals surface area contributed by atoms with Crippen LogP contribution in [0.15, 0.2) is 58.2 Å². The molecular weight excluding hydrogens is 376 g/mol. The van der Waals surface area contributed by atoms with Gasteiger partial charge in [0.05, 0.1) is 12.5 Å². The Morgan fingerprint density at radius 2 is 1.89 bits per heavy atom. The second-order valence-electron chi connectivity index (χ2n) is 6.44. The third-order valence-corrected chi connectivity index (χ3v) is 4.75. The fourth-order valence-corrected chi connectivity index (χ4v) is 3.46. The lowest BCUT2D eigenvalue weighted by Gasteiger charge is -2.10. The number of aromatic nitrogens is 1.